The van der Waals surface area contributed by atoms with E-state index >= 15 is 0 Å². The summed E-state index contributed by atoms with van der Waals surface area (Å²) >= 11 is 0. The maximum Gasteiger partial charge on any atom is 0.166 e. The highest BCUT2D eigenvalue weighted by molar-refractivity contribution is 6.09. The summed E-state index contributed by atoms with van der Waals surface area (Å²) in [5.74, 6) is 2.40. The Bertz CT molecular complexity index is 613. The molecule has 2 saturated carbocycles. The summed E-state index contributed by atoms with van der Waals surface area (Å²) in [5, 5.41) is 2.29. The minimum absolute atomic E-state index is 0.291. The molecule has 1 nitrogen and oxygen atoms in total. The van der Waals surface area contributed by atoms with Gasteiger partial charge in [-0.05, 0) is 41.9 Å². The van der Waals surface area contributed by atoms with E-state index in [0.29, 0.717) is 11.7 Å². The quantitative estimate of drug-likeness (QED) is 0.718. The molecule has 2 fully saturated rings. The van der Waals surface area contributed by atoms with Crippen LogP contribution in [0.2, 0.25) is 0 Å². The highest BCUT2D eigenvalue weighted by atomic mass is 16.1. The Morgan fingerprint density at radius 2 is 1.61 bits per heavy atom. The van der Waals surface area contributed by atoms with Gasteiger partial charge in [-0.1, -0.05) is 42.5 Å². The number of benzene rings is 2. The summed E-state index contributed by atoms with van der Waals surface area (Å²) < 4.78 is 0. The van der Waals surface area contributed by atoms with Crippen molar-refractivity contribution in [1.29, 1.82) is 0 Å². The molecule has 90 valence electrons. The summed E-state index contributed by atoms with van der Waals surface area (Å²) in [6, 6.07) is 14.3. The number of hydrogen-bond donors (Lipinski definition) is 0. The van der Waals surface area contributed by atoms with Crippen LogP contribution < -0.4 is 0 Å². The number of ketones is 1. The third kappa shape index (κ3) is 1.50. The van der Waals surface area contributed by atoms with Crippen LogP contribution in [0.25, 0.3) is 10.8 Å². The number of hydrogen-bond acceptors (Lipinski definition) is 1. The maximum absolute atomic E-state index is 12.6. The number of carbonyl (C=O) groups excluding carboxylic acids is 1. The van der Waals surface area contributed by atoms with Gasteiger partial charge in [-0.3, -0.25) is 4.79 Å². The Kier molecular flexibility index (Phi) is 2.11. The molecule has 0 amide bonds. The van der Waals surface area contributed by atoms with Gasteiger partial charge in [0.15, 0.2) is 5.78 Å². The van der Waals surface area contributed by atoms with Gasteiger partial charge in [0.1, 0.15) is 0 Å². The van der Waals surface area contributed by atoms with Gasteiger partial charge < -0.3 is 0 Å². The van der Waals surface area contributed by atoms with Crippen LogP contribution >= 0.6 is 0 Å². The summed E-state index contributed by atoms with van der Waals surface area (Å²) in [7, 11) is 0. The van der Waals surface area contributed by atoms with Crippen molar-refractivity contribution in [2.75, 3.05) is 0 Å². The van der Waals surface area contributed by atoms with Gasteiger partial charge in [-0.15, -0.1) is 0 Å². The maximum atomic E-state index is 12.6. The van der Waals surface area contributed by atoms with E-state index in [2.05, 4.69) is 18.2 Å². The average Bonchev–Trinajstić information content (AvgIpc) is 3.04. The van der Waals surface area contributed by atoms with Crippen LogP contribution in [0, 0.1) is 17.8 Å². The SMILES string of the molecule is O=C(c1cccc2ccccc12)C1CC2CC2C1. The van der Waals surface area contributed by atoms with Crippen molar-refractivity contribution in [3.05, 3.63) is 48.0 Å². The lowest BCUT2D eigenvalue weighted by Gasteiger charge is -2.12. The average molecular weight is 236 g/mol. The lowest BCUT2D eigenvalue weighted by Crippen LogP contribution is -2.13. The fourth-order valence-corrected chi connectivity index (χ4v) is 3.59. The van der Waals surface area contributed by atoms with E-state index in [1.54, 1.807) is 0 Å². The summed E-state index contributed by atoms with van der Waals surface area (Å²) in [4.78, 5) is 12.6. The molecule has 18 heavy (non-hydrogen) atoms. The largest absolute Gasteiger partial charge is 0.294 e. The van der Waals surface area contributed by atoms with Crippen LogP contribution in [0.4, 0.5) is 0 Å². The zero-order valence-electron chi connectivity index (χ0n) is 10.3. The molecule has 2 atom stereocenters. The second-order valence-electron chi connectivity index (χ2n) is 5.82. The predicted molar refractivity (Wildman–Crippen MR) is 72.6 cm³/mol. The van der Waals surface area contributed by atoms with Gasteiger partial charge in [-0.2, -0.15) is 0 Å². The Balaban J connectivity index is 1.75. The third-order valence-electron chi connectivity index (χ3n) is 4.67. The normalized spacial score (nSPS) is 29.2. The first-order chi connectivity index (χ1) is 8.83. The fraction of sp³-hybridized carbons (Fsp3) is 0.353. The monoisotopic (exact) mass is 236 g/mol. The molecular formula is C17H16O. The molecule has 2 aromatic rings. The fourth-order valence-electron chi connectivity index (χ4n) is 3.59. The van der Waals surface area contributed by atoms with Gasteiger partial charge >= 0.3 is 0 Å². The van der Waals surface area contributed by atoms with E-state index in [1.165, 1.54) is 11.8 Å². The zero-order chi connectivity index (χ0) is 12.1. The van der Waals surface area contributed by atoms with E-state index in [4.69, 9.17) is 0 Å². The van der Waals surface area contributed by atoms with Crippen molar-refractivity contribution in [3.8, 4) is 0 Å². The summed E-state index contributed by atoms with van der Waals surface area (Å²) in [6.07, 6.45) is 3.64. The first-order valence-electron chi connectivity index (χ1n) is 6.85. The minimum Gasteiger partial charge on any atom is -0.294 e. The Morgan fingerprint density at radius 3 is 2.44 bits per heavy atom. The van der Waals surface area contributed by atoms with Crippen molar-refractivity contribution in [2.24, 2.45) is 17.8 Å². The van der Waals surface area contributed by atoms with Crippen molar-refractivity contribution < 1.29 is 4.79 Å². The summed E-state index contributed by atoms with van der Waals surface area (Å²) in [5.41, 5.74) is 0.930. The van der Waals surface area contributed by atoms with Crippen LogP contribution in [-0.4, -0.2) is 5.78 Å². The van der Waals surface area contributed by atoms with E-state index in [-0.39, 0.29) is 0 Å². The lowest BCUT2D eigenvalue weighted by atomic mass is 9.90. The molecule has 0 spiro atoms. The smallest absolute Gasteiger partial charge is 0.166 e. The highest BCUT2D eigenvalue weighted by Gasteiger charge is 2.48. The molecule has 0 radical (unpaired) electrons. The standard InChI is InChI=1S/C17H16O/c18-17(14-9-12-8-13(12)10-14)16-7-3-5-11-4-1-2-6-15(11)16/h1-7,12-14H,8-10H2. The molecule has 2 aliphatic rings. The first kappa shape index (κ1) is 10.3. The van der Waals surface area contributed by atoms with Gasteiger partial charge in [0, 0.05) is 11.5 Å². The summed E-state index contributed by atoms with van der Waals surface area (Å²) in [6.45, 7) is 0. The molecule has 0 aliphatic heterocycles. The van der Waals surface area contributed by atoms with Crippen molar-refractivity contribution in [1.82, 2.24) is 0 Å². The molecule has 1 heteroatoms. The van der Waals surface area contributed by atoms with Crippen LogP contribution in [0.15, 0.2) is 42.5 Å². The zero-order valence-corrected chi connectivity index (χ0v) is 10.3. The lowest BCUT2D eigenvalue weighted by molar-refractivity contribution is 0.0916. The van der Waals surface area contributed by atoms with E-state index in [9.17, 15) is 4.79 Å². The number of Topliss-reactive ketones (excluding diaryl/α,β-unsaturated/α-hetero) is 1. The van der Waals surface area contributed by atoms with Crippen LogP contribution in [0.5, 0.6) is 0 Å². The van der Waals surface area contributed by atoms with Gasteiger partial charge in [0.05, 0.1) is 0 Å². The van der Waals surface area contributed by atoms with Gasteiger partial charge in [-0.25, -0.2) is 0 Å². The van der Waals surface area contributed by atoms with Crippen molar-refractivity contribution in [3.63, 3.8) is 0 Å². The number of rotatable bonds is 2. The molecule has 4 rings (SSSR count). The van der Waals surface area contributed by atoms with E-state index in [0.717, 1.165) is 35.6 Å². The predicted octanol–water partition coefficient (Wildman–Crippen LogP) is 4.07. The first-order valence-corrected chi connectivity index (χ1v) is 6.85. The Labute approximate surface area is 107 Å². The van der Waals surface area contributed by atoms with Crippen LogP contribution in [0.3, 0.4) is 0 Å². The van der Waals surface area contributed by atoms with Crippen molar-refractivity contribution >= 4 is 16.6 Å². The molecule has 0 aromatic heterocycles. The molecule has 0 saturated heterocycles. The highest BCUT2D eigenvalue weighted by Crippen LogP contribution is 2.55. The molecule has 2 unspecified atom stereocenters. The second kappa shape index (κ2) is 3.68. The molecular weight excluding hydrogens is 220 g/mol. The topological polar surface area (TPSA) is 17.1 Å². The third-order valence-corrected chi connectivity index (χ3v) is 4.67. The van der Waals surface area contributed by atoms with Gasteiger partial charge in [0.25, 0.3) is 0 Å². The van der Waals surface area contributed by atoms with E-state index in [1.807, 2.05) is 24.3 Å². The Morgan fingerprint density at radius 1 is 0.889 bits per heavy atom. The van der Waals surface area contributed by atoms with E-state index < -0.39 is 0 Å². The van der Waals surface area contributed by atoms with Crippen LogP contribution in [-0.2, 0) is 0 Å². The van der Waals surface area contributed by atoms with Crippen molar-refractivity contribution in [2.45, 2.75) is 19.3 Å². The van der Waals surface area contributed by atoms with Crippen LogP contribution in [0.1, 0.15) is 29.6 Å². The Hall–Kier alpha value is -1.63. The molecule has 0 heterocycles. The molecule has 0 N–H and O–H groups in total. The van der Waals surface area contributed by atoms with Gasteiger partial charge in [0.2, 0.25) is 0 Å². The molecule has 2 aliphatic carbocycles. The number of carbonyl (C=O) groups is 1. The number of fused-ring (bicyclic) bond motifs is 2. The second-order valence-corrected chi connectivity index (χ2v) is 5.82. The molecule has 0 bridgehead atoms. The molecule has 2 aromatic carbocycles. The minimum atomic E-state index is 0.291.